The number of rotatable bonds is 1. The lowest BCUT2D eigenvalue weighted by molar-refractivity contribution is 0.466. The van der Waals surface area contributed by atoms with Crippen molar-refractivity contribution in [2.45, 2.75) is 0 Å². The molecule has 72 valence electrons. The predicted octanol–water partition coefficient (Wildman–Crippen LogP) is 3.55. The Morgan fingerprint density at radius 2 is 2.14 bits per heavy atom. The molecule has 0 aliphatic rings. The summed E-state index contributed by atoms with van der Waals surface area (Å²) in [6.07, 6.45) is 1.43. The van der Waals surface area contributed by atoms with Crippen molar-refractivity contribution in [3.63, 3.8) is 0 Å². The second-order valence-corrected chi connectivity index (χ2v) is 3.67. The monoisotopic (exact) mass is 256 g/mol. The van der Waals surface area contributed by atoms with E-state index in [4.69, 9.17) is 4.42 Å². The van der Waals surface area contributed by atoms with Crippen molar-refractivity contribution in [3.05, 3.63) is 40.8 Å². The van der Waals surface area contributed by atoms with Crippen molar-refractivity contribution >= 4 is 15.9 Å². The molecule has 0 saturated carbocycles. The van der Waals surface area contributed by atoms with Gasteiger partial charge in [0.05, 0.1) is 11.8 Å². The van der Waals surface area contributed by atoms with Crippen LogP contribution in [-0.2, 0) is 0 Å². The van der Waals surface area contributed by atoms with Crippen molar-refractivity contribution in [2.24, 2.45) is 0 Å². The number of halogens is 2. The van der Waals surface area contributed by atoms with Crippen LogP contribution in [0.4, 0.5) is 4.39 Å². The Bertz CT molecular complexity index is 428. The fourth-order valence-electron chi connectivity index (χ4n) is 1.22. The Labute approximate surface area is 88.1 Å². The van der Waals surface area contributed by atoms with Crippen molar-refractivity contribution in [1.29, 1.82) is 0 Å². The first-order chi connectivity index (χ1) is 6.68. The maximum Gasteiger partial charge on any atom is 0.140 e. The fourth-order valence-corrected chi connectivity index (χ4v) is 1.64. The summed E-state index contributed by atoms with van der Waals surface area (Å²) in [5.74, 6) is -0.355. The Morgan fingerprint density at radius 1 is 1.36 bits per heavy atom. The highest BCUT2D eigenvalue weighted by molar-refractivity contribution is 9.10. The molecule has 1 aromatic heterocycles. The average Bonchev–Trinajstić information content (AvgIpc) is 2.54. The molecular weight excluding hydrogens is 251 g/mol. The Kier molecular flexibility index (Phi) is 2.29. The van der Waals surface area contributed by atoms with Gasteiger partial charge in [0.25, 0.3) is 0 Å². The number of furan rings is 1. The summed E-state index contributed by atoms with van der Waals surface area (Å²) in [7, 11) is 0. The SMILES string of the molecule is Oc1cc(Br)cc(F)c1-c1ccco1. The zero-order chi connectivity index (χ0) is 10.1. The van der Waals surface area contributed by atoms with Gasteiger partial charge in [0.1, 0.15) is 17.3 Å². The summed E-state index contributed by atoms with van der Waals surface area (Å²) >= 11 is 3.08. The minimum absolute atomic E-state index is 0.0817. The maximum atomic E-state index is 13.4. The van der Waals surface area contributed by atoms with Crippen molar-refractivity contribution in [1.82, 2.24) is 0 Å². The third kappa shape index (κ3) is 1.53. The van der Waals surface area contributed by atoms with E-state index in [0.29, 0.717) is 10.2 Å². The number of phenols is 1. The topological polar surface area (TPSA) is 33.4 Å². The smallest absolute Gasteiger partial charge is 0.140 e. The lowest BCUT2D eigenvalue weighted by atomic mass is 10.1. The predicted molar refractivity (Wildman–Crippen MR) is 53.5 cm³/mol. The summed E-state index contributed by atoms with van der Waals surface area (Å²) in [5.41, 5.74) is 0.0817. The third-order valence-electron chi connectivity index (χ3n) is 1.80. The highest BCUT2D eigenvalue weighted by atomic mass is 79.9. The first-order valence-electron chi connectivity index (χ1n) is 3.90. The summed E-state index contributed by atoms with van der Waals surface area (Å²) in [6, 6.07) is 5.92. The van der Waals surface area contributed by atoms with Crippen LogP contribution in [0.1, 0.15) is 0 Å². The first kappa shape index (κ1) is 9.27. The van der Waals surface area contributed by atoms with Gasteiger partial charge in [-0.15, -0.1) is 0 Å². The number of hydrogen-bond acceptors (Lipinski definition) is 2. The lowest BCUT2D eigenvalue weighted by Gasteiger charge is -2.03. The minimum Gasteiger partial charge on any atom is -0.507 e. The van der Waals surface area contributed by atoms with Gasteiger partial charge in [0.15, 0.2) is 0 Å². The van der Waals surface area contributed by atoms with Crippen LogP contribution in [0, 0.1) is 5.82 Å². The van der Waals surface area contributed by atoms with Crippen LogP contribution in [0.5, 0.6) is 5.75 Å². The standard InChI is InChI=1S/C10H6BrFO2/c11-6-4-7(12)10(8(13)5-6)9-2-1-3-14-9/h1-5,13H. The lowest BCUT2D eigenvalue weighted by Crippen LogP contribution is -1.83. The van der Waals surface area contributed by atoms with E-state index in [1.54, 1.807) is 12.1 Å². The van der Waals surface area contributed by atoms with Crippen LogP contribution in [-0.4, -0.2) is 5.11 Å². The van der Waals surface area contributed by atoms with Gasteiger partial charge in [0.2, 0.25) is 0 Å². The molecule has 1 heterocycles. The molecule has 1 aromatic carbocycles. The van der Waals surface area contributed by atoms with Crippen LogP contribution in [0.25, 0.3) is 11.3 Å². The van der Waals surface area contributed by atoms with Crippen molar-refractivity contribution in [3.8, 4) is 17.1 Å². The second kappa shape index (κ2) is 3.46. The van der Waals surface area contributed by atoms with Crippen LogP contribution in [0.15, 0.2) is 39.4 Å². The zero-order valence-corrected chi connectivity index (χ0v) is 8.58. The minimum atomic E-state index is -0.521. The van der Waals surface area contributed by atoms with Crippen LogP contribution in [0.3, 0.4) is 0 Å². The van der Waals surface area contributed by atoms with Gasteiger partial charge in [-0.3, -0.25) is 0 Å². The fraction of sp³-hybridized carbons (Fsp3) is 0. The van der Waals surface area contributed by atoms with E-state index in [2.05, 4.69) is 15.9 Å². The number of aromatic hydroxyl groups is 1. The molecule has 0 atom stereocenters. The maximum absolute atomic E-state index is 13.4. The number of benzene rings is 1. The molecule has 0 saturated heterocycles. The molecule has 2 aromatic rings. The van der Waals surface area contributed by atoms with E-state index < -0.39 is 5.82 Å². The molecule has 0 bridgehead atoms. The van der Waals surface area contributed by atoms with Crippen LogP contribution >= 0.6 is 15.9 Å². The molecule has 1 N–H and O–H groups in total. The molecule has 4 heteroatoms. The summed E-state index contributed by atoms with van der Waals surface area (Å²) in [4.78, 5) is 0. The first-order valence-corrected chi connectivity index (χ1v) is 4.69. The molecule has 14 heavy (non-hydrogen) atoms. The van der Waals surface area contributed by atoms with Crippen molar-refractivity contribution in [2.75, 3.05) is 0 Å². The highest BCUT2D eigenvalue weighted by Crippen LogP contribution is 2.34. The Balaban J connectivity index is 2.64. The number of hydrogen-bond donors (Lipinski definition) is 1. The van der Waals surface area contributed by atoms with Gasteiger partial charge in [-0.1, -0.05) is 15.9 Å². The molecule has 0 amide bonds. The Hall–Kier alpha value is -1.29. The summed E-state index contributed by atoms with van der Waals surface area (Å²) < 4.78 is 18.9. The Morgan fingerprint density at radius 3 is 2.71 bits per heavy atom. The van der Waals surface area contributed by atoms with Gasteiger partial charge in [0, 0.05) is 4.47 Å². The van der Waals surface area contributed by atoms with Crippen LogP contribution in [0.2, 0.25) is 0 Å². The largest absolute Gasteiger partial charge is 0.507 e. The normalized spacial score (nSPS) is 10.4. The van der Waals surface area contributed by atoms with E-state index >= 15 is 0 Å². The van der Waals surface area contributed by atoms with Gasteiger partial charge < -0.3 is 9.52 Å². The van der Waals surface area contributed by atoms with Crippen LogP contribution < -0.4 is 0 Å². The molecule has 0 spiro atoms. The summed E-state index contributed by atoms with van der Waals surface area (Å²) in [6.45, 7) is 0. The van der Waals surface area contributed by atoms with E-state index in [9.17, 15) is 9.50 Å². The molecule has 0 aliphatic carbocycles. The molecule has 0 aliphatic heterocycles. The van der Waals surface area contributed by atoms with E-state index in [0.717, 1.165) is 0 Å². The van der Waals surface area contributed by atoms with Gasteiger partial charge in [-0.25, -0.2) is 4.39 Å². The quantitative estimate of drug-likeness (QED) is 0.847. The van der Waals surface area contributed by atoms with E-state index in [-0.39, 0.29) is 11.3 Å². The zero-order valence-electron chi connectivity index (χ0n) is 7.00. The molecule has 0 radical (unpaired) electrons. The summed E-state index contributed by atoms with van der Waals surface area (Å²) in [5, 5.41) is 9.51. The second-order valence-electron chi connectivity index (χ2n) is 2.76. The molecule has 2 rings (SSSR count). The highest BCUT2D eigenvalue weighted by Gasteiger charge is 2.13. The van der Waals surface area contributed by atoms with Gasteiger partial charge >= 0.3 is 0 Å². The van der Waals surface area contributed by atoms with E-state index in [1.165, 1.54) is 18.4 Å². The number of phenolic OH excluding ortho intramolecular Hbond substituents is 1. The van der Waals surface area contributed by atoms with Gasteiger partial charge in [-0.05, 0) is 24.3 Å². The molecule has 0 unspecified atom stereocenters. The van der Waals surface area contributed by atoms with Crippen molar-refractivity contribution < 1.29 is 13.9 Å². The molecule has 0 fully saturated rings. The van der Waals surface area contributed by atoms with E-state index in [1.807, 2.05) is 0 Å². The van der Waals surface area contributed by atoms with Gasteiger partial charge in [-0.2, -0.15) is 0 Å². The molecule has 2 nitrogen and oxygen atoms in total. The molecular formula is C10H6BrFO2. The average molecular weight is 257 g/mol. The third-order valence-corrected chi connectivity index (χ3v) is 2.26.